The van der Waals surface area contributed by atoms with Gasteiger partial charge in [0.05, 0.1) is 10.4 Å². The van der Waals surface area contributed by atoms with Gasteiger partial charge in [0.15, 0.2) is 0 Å². The van der Waals surface area contributed by atoms with Crippen LogP contribution in [0.5, 0.6) is 0 Å². The summed E-state index contributed by atoms with van der Waals surface area (Å²) in [6.07, 6.45) is 1.70. The summed E-state index contributed by atoms with van der Waals surface area (Å²) in [6.45, 7) is 1.91. The molecule has 0 atom stereocenters. The highest BCUT2D eigenvalue weighted by Crippen LogP contribution is 2.28. The molecular weight excluding hydrogens is 260 g/mol. The van der Waals surface area contributed by atoms with E-state index < -0.39 is 0 Å². The lowest BCUT2D eigenvalue weighted by atomic mass is 10.2. The van der Waals surface area contributed by atoms with E-state index in [-0.39, 0.29) is 0 Å². The number of pyridine rings is 1. The second-order valence-corrected chi connectivity index (χ2v) is 4.96. The van der Waals surface area contributed by atoms with Crippen molar-refractivity contribution in [3.63, 3.8) is 0 Å². The zero-order chi connectivity index (χ0) is 13.2. The third-order valence-electron chi connectivity index (χ3n) is 2.51. The zero-order valence-corrected chi connectivity index (χ0v) is 10.8. The third-order valence-corrected chi connectivity index (χ3v) is 3.49. The lowest BCUT2D eigenvalue weighted by Gasteiger charge is -1.94. The van der Waals surface area contributed by atoms with Gasteiger partial charge < -0.3 is 4.42 Å². The first-order chi connectivity index (χ1) is 9.26. The molecule has 0 radical (unpaired) electrons. The third kappa shape index (κ3) is 2.23. The van der Waals surface area contributed by atoms with Crippen LogP contribution in [0.4, 0.5) is 0 Å². The van der Waals surface area contributed by atoms with Crippen molar-refractivity contribution >= 4 is 11.3 Å². The number of nitriles is 1. The molecule has 3 aromatic rings. The molecule has 19 heavy (non-hydrogen) atoms. The van der Waals surface area contributed by atoms with Crippen molar-refractivity contribution in [3.05, 3.63) is 41.0 Å². The molecule has 0 unspecified atom stereocenters. The monoisotopic (exact) mass is 268 g/mol. The van der Waals surface area contributed by atoms with Gasteiger partial charge in [0.2, 0.25) is 5.89 Å². The molecule has 3 aromatic heterocycles. The van der Waals surface area contributed by atoms with Crippen LogP contribution in [0, 0.1) is 18.3 Å². The minimum Gasteiger partial charge on any atom is -0.415 e. The number of aryl methyl sites for hydroxylation is 1. The van der Waals surface area contributed by atoms with Crippen LogP contribution in [-0.2, 0) is 0 Å². The van der Waals surface area contributed by atoms with E-state index in [2.05, 4.69) is 21.3 Å². The fraction of sp³-hybridized carbons (Fsp3) is 0.0769. The van der Waals surface area contributed by atoms with Crippen LogP contribution < -0.4 is 0 Å². The summed E-state index contributed by atoms with van der Waals surface area (Å²) in [7, 11) is 0. The minimum atomic E-state index is 0.419. The van der Waals surface area contributed by atoms with Gasteiger partial charge >= 0.3 is 0 Å². The first-order valence-corrected chi connectivity index (χ1v) is 6.35. The van der Waals surface area contributed by atoms with Gasteiger partial charge in [-0.05, 0) is 31.2 Å². The maximum atomic E-state index is 8.79. The Morgan fingerprint density at radius 1 is 1.16 bits per heavy atom. The second-order valence-electron chi connectivity index (χ2n) is 3.88. The van der Waals surface area contributed by atoms with E-state index in [1.165, 1.54) is 11.3 Å². The van der Waals surface area contributed by atoms with Crippen LogP contribution in [0.2, 0.25) is 0 Å². The molecule has 3 rings (SSSR count). The van der Waals surface area contributed by atoms with Gasteiger partial charge in [-0.25, -0.2) is 0 Å². The molecule has 0 aliphatic heterocycles. The molecule has 0 saturated carbocycles. The van der Waals surface area contributed by atoms with Crippen molar-refractivity contribution in [1.82, 2.24) is 15.2 Å². The summed E-state index contributed by atoms with van der Waals surface area (Å²) < 4.78 is 5.59. The molecule has 0 aromatic carbocycles. The number of rotatable bonds is 2. The maximum Gasteiger partial charge on any atom is 0.258 e. The molecule has 3 heterocycles. The topological polar surface area (TPSA) is 75.6 Å². The molecule has 5 nitrogen and oxygen atoms in total. The Hall–Kier alpha value is -2.52. The van der Waals surface area contributed by atoms with E-state index in [1.54, 1.807) is 18.3 Å². The zero-order valence-electron chi connectivity index (χ0n) is 9.99. The van der Waals surface area contributed by atoms with Crippen LogP contribution in [0.3, 0.4) is 0 Å². The predicted octanol–water partition coefficient (Wildman–Crippen LogP) is 3.04. The van der Waals surface area contributed by atoms with Gasteiger partial charge in [0, 0.05) is 11.9 Å². The van der Waals surface area contributed by atoms with Gasteiger partial charge in [-0.1, -0.05) is 0 Å². The van der Waals surface area contributed by atoms with Crippen molar-refractivity contribution in [3.8, 4) is 28.3 Å². The summed E-state index contributed by atoms with van der Waals surface area (Å²) in [5, 5.41) is 16.8. The smallest absolute Gasteiger partial charge is 0.258 e. The lowest BCUT2D eigenvalue weighted by Crippen LogP contribution is -1.82. The number of nitrogens with zero attached hydrogens (tertiary/aromatic N) is 4. The maximum absolute atomic E-state index is 8.79. The first-order valence-electron chi connectivity index (χ1n) is 5.53. The van der Waals surface area contributed by atoms with E-state index in [0.717, 1.165) is 16.1 Å². The summed E-state index contributed by atoms with van der Waals surface area (Å²) >= 11 is 1.32. The molecule has 92 valence electrons. The molecule has 0 amide bonds. The first kappa shape index (κ1) is 11.6. The number of aromatic nitrogens is 3. The summed E-state index contributed by atoms with van der Waals surface area (Å²) in [6, 6.07) is 9.38. The normalized spacial score (nSPS) is 10.3. The van der Waals surface area contributed by atoms with Crippen molar-refractivity contribution in [1.29, 1.82) is 5.26 Å². The number of hydrogen-bond donors (Lipinski definition) is 0. The fourth-order valence-corrected chi connectivity index (χ4v) is 2.27. The molecule has 0 aliphatic rings. The van der Waals surface area contributed by atoms with Gasteiger partial charge in [-0.2, -0.15) is 5.26 Å². The Morgan fingerprint density at radius 2 is 2.00 bits per heavy atom. The van der Waals surface area contributed by atoms with Crippen LogP contribution in [0.15, 0.2) is 34.9 Å². The summed E-state index contributed by atoms with van der Waals surface area (Å²) in [5.41, 5.74) is 1.71. The van der Waals surface area contributed by atoms with Gasteiger partial charge in [-0.3, -0.25) is 4.98 Å². The average molecular weight is 268 g/mol. The standard InChI is InChI=1S/C13H8N4OS/c1-8-2-3-9(7-15-8)12-16-17-13(18-12)11-5-4-10(6-14)19-11/h2-5,7H,1H3. The highest BCUT2D eigenvalue weighted by Gasteiger charge is 2.12. The van der Waals surface area contributed by atoms with Gasteiger partial charge in [0.1, 0.15) is 10.9 Å². The van der Waals surface area contributed by atoms with E-state index >= 15 is 0 Å². The average Bonchev–Trinajstić information content (AvgIpc) is 3.08. The van der Waals surface area contributed by atoms with Crippen LogP contribution >= 0.6 is 11.3 Å². The molecule has 0 fully saturated rings. The highest BCUT2D eigenvalue weighted by molar-refractivity contribution is 7.15. The Balaban J connectivity index is 1.95. The second kappa shape index (κ2) is 4.63. The fourth-order valence-electron chi connectivity index (χ4n) is 1.55. The van der Waals surface area contributed by atoms with Crippen molar-refractivity contribution < 1.29 is 4.42 Å². The van der Waals surface area contributed by atoms with E-state index in [0.29, 0.717) is 16.7 Å². The highest BCUT2D eigenvalue weighted by atomic mass is 32.1. The van der Waals surface area contributed by atoms with Crippen LogP contribution in [-0.4, -0.2) is 15.2 Å². The largest absolute Gasteiger partial charge is 0.415 e. The summed E-state index contributed by atoms with van der Waals surface area (Å²) in [5.74, 6) is 0.844. The van der Waals surface area contributed by atoms with Crippen molar-refractivity contribution in [2.24, 2.45) is 0 Å². The van der Waals surface area contributed by atoms with Gasteiger partial charge in [-0.15, -0.1) is 21.5 Å². The van der Waals surface area contributed by atoms with Gasteiger partial charge in [0.25, 0.3) is 5.89 Å². The number of thiophene rings is 1. The summed E-state index contributed by atoms with van der Waals surface area (Å²) in [4.78, 5) is 5.59. The molecule has 0 spiro atoms. The van der Waals surface area contributed by atoms with Crippen LogP contribution in [0.25, 0.3) is 22.2 Å². The number of hydrogen-bond acceptors (Lipinski definition) is 6. The Kier molecular flexibility index (Phi) is 2.82. The molecule has 0 saturated heterocycles. The molecule has 0 bridgehead atoms. The Morgan fingerprint density at radius 3 is 2.68 bits per heavy atom. The van der Waals surface area contributed by atoms with Crippen molar-refractivity contribution in [2.75, 3.05) is 0 Å². The lowest BCUT2D eigenvalue weighted by molar-refractivity contribution is 0.586. The Labute approximate surface area is 113 Å². The predicted molar refractivity (Wildman–Crippen MR) is 70.3 cm³/mol. The van der Waals surface area contributed by atoms with Crippen molar-refractivity contribution in [2.45, 2.75) is 6.92 Å². The van der Waals surface area contributed by atoms with E-state index in [4.69, 9.17) is 9.68 Å². The SMILES string of the molecule is Cc1ccc(-c2nnc(-c3ccc(C#N)s3)o2)cn1. The molecule has 0 N–H and O–H groups in total. The molecular formula is C13H8N4OS. The van der Waals surface area contributed by atoms with E-state index in [1.807, 2.05) is 19.1 Å². The minimum absolute atomic E-state index is 0.419. The molecule has 6 heteroatoms. The molecule has 0 aliphatic carbocycles. The van der Waals surface area contributed by atoms with Crippen LogP contribution in [0.1, 0.15) is 10.6 Å². The Bertz CT molecular complexity index is 752. The quantitative estimate of drug-likeness (QED) is 0.714. The van der Waals surface area contributed by atoms with E-state index in [9.17, 15) is 0 Å².